The smallest absolute Gasteiger partial charge is 0.252 e. The van der Waals surface area contributed by atoms with E-state index in [-0.39, 0.29) is 0 Å². The summed E-state index contributed by atoms with van der Waals surface area (Å²) in [4.78, 5) is 0. The fraction of sp³-hybridized carbons (Fsp3) is 0.571. The molecule has 0 N–H and O–H groups in total. The third kappa shape index (κ3) is 6.30. The van der Waals surface area contributed by atoms with Gasteiger partial charge in [0.25, 0.3) is 5.82 Å². The van der Waals surface area contributed by atoms with Gasteiger partial charge in [0.1, 0.15) is 12.4 Å². The van der Waals surface area contributed by atoms with Crippen LogP contribution in [-0.2, 0) is 24.2 Å². The van der Waals surface area contributed by atoms with Crippen molar-refractivity contribution in [3.63, 3.8) is 0 Å². The van der Waals surface area contributed by atoms with E-state index in [0.29, 0.717) is 6.26 Å². The van der Waals surface area contributed by atoms with Gasteiger partial charge in [0.15, 0.2) is 0 Å². The van der Waals surface area contributed by atoms with Crippen molar-refractivity contribution in [2.75, 3.05) is 6.26 Å². The van der Waals surface area contributed by atoms with E-state index < -0.39 is 10.1 Å². The Morgan fingerprint density at radius 1 is 1.54 bits per heavy atom. The summed E-state index contributed by atoms with van der Waals surface area (Å²) in [5.41, 5.74) is 0. The molecule has 0 radical (unpaired) electrons. The lowest BCUT2D eigenvalue weighted by Crippen LogP contribution is -2.29. The zero-order chi connectivity index (χ0) is 10.6. The van der Waals surface area contributed by atoms with Crippen molar-refractivity contribution in [1.29, 1.82) is 0 Å². The minimum absolute atomic E-state index is 0.604. The average Bonchev–Trinajstić information content (AvgIpc) is 2.16. The number of aromatic nitrogens is 2. The molecule has 0 unspecified atom stereocenters. The van der Waals surface area contributed by atoms with Crippen molar-refractivity contribution in [2.24, 2.45) is 14.1 Å². The molecule has 5 nitrogen and oxygen atoms in total. The Morgan fingerprint density at radius 3 is 2.00 bits per heavy atom. The van der Waals surface area contributed by atoms with Gasteiger partial charge >= 0.3 is 0 Å². The quantitative estimate of drug-likeness (QED) is 0.417. The molecule has 6 heteroatoms. The summed E-state index contributed by atoms with van der Waals surface area (Å²) in [5.74, 6) is 1.27. The van der Waals surface area contributed by atoms with Crippen molar-refractivity contribution in [1.82, 2.24) is 4.57 Å². The maximum Gasteiger partial charge on any atom is 0.252 e. The lowest BCUT2D eigenvalue weighted by molar-refractivity contribution is -0.677. The van der Waals surface area contributed by atoms with Crippen molar-refractivity contribution >= 4 is 10.1 Å². The molecule has 1 aromatic rings. The van der Waals surface area contributed by atoms with Crippen molar-refractivity contribution in [3.8, 4) is 0 Å². The first-order valence-electron chi connectivity index (χ1n) is 3.60. The molecule has 0 aliphatic heterocycles. The molecule has 0 bridgehead atoms. The number of nitrogens with zero attached hydrogens (tertiary/aromatic N) is 2. The Bertz CT molecular complexity index is 340. The summed E-state index contributed by atoms with van der Waals surface area (Å²) < 4.78 is 31.4. The molecule has 0 saturated heterocycles. The largest absolute Gasteiger partial charge is 0.748 e. The van der Waals surface area contributed by atoms with E-state index in [4.69, 9.17) is 13.0 Å². The average molecular weight is 206 g/mol. The maximum atomic E-state index is 9.08. The van der Waals surface area contributed by atoms with Crippen LogP contribution in [0.3, 0.4) is 0 Å². The minimum atomic E-state index is -3.92. The molecule has 1 heterocycles. The number of hydrogen-bond acceptors (Lipinski definition) is 3. The first-order valence-corrected chi connectivity index (χ1v) is 5.42. The van der Waals surface area contributed by atoms with Crippen LogP contribution in [0.15, 0.2) is 12.4 Å². The predicted molar refractivity (Wildman–Crippen MR) is 46.9 cm³/mol. The van der Waals surface area contributed by atoms with Gasteiger partial charge in [-0.1, -0.05) is 0 Å². The lowest BCUT2D eigenvalue weighted by Gasteiger charge is -1.90. The van der Waals surface area contributed by atoms with Crippen LogP contribution in [0.4, 0.5) is 0 Å². The Morgan fingerprint density at radius 2 is 1.92 bits per heavy atom. The highest BCUT2D eigenvalue weighted by atomic mass is 32.2. The third-order valence-corrected chi connectivity index (χ3v) is 1.53. The van der Waals surface area contributed by atoms with Crippen LogP contribution in [0, 0.1) is 6.92 Å². The van der Waals surface area contributed by atoms with Gasteiger partial charge in [-0.25, -0.2) is 17.6 Å². The topological polar surface area (TPSA) is 66.0 Å². The van der Waals surface area contributed by atoms with Gasteiger partial charge in [0.2, 0.25) is 0 Å². The van der Waals surface area contributed by atoms with Gasteiger partial charge in [-0.2, -0.15) is 0 Å². The summed E-state index contributed by atoms with van der Waals surface area (Å²) in [6.07, 6.45) is 4.68. The second kappa shape index (κ2) is 4.38. The maximum absolute atomic E-state index is 9.08. The van der Waals surface area contributed by atoms with Crippen LogP contribution in [0.5, 0.6) is 0 Å². The Kier molecular flexibility index (Phi) is 4.09. The summed E-state index contributed by atoms with van der Waals surface area (Å²) in [6.45, 7) is 2.08. The first kappa shape index (κ1) is 12.1. The second-order valence-corrected chi connectivity index (χ2v) is 4.18. The molecule has 76 valence electrons. The van der Waals surface area contributed by atoms with E-state index in [1.807, 2.05) is 26.5 Å². The third-order valence-electron chi connectivity index (χ3n) is 1.53. The number of rotatable bonds is 0. The molecule has 0 saturated carbocycles. The molecule has 0 aliphatic carbocycles. The Labute approximate surface area is 78.4 Å². The SMILES string of the molecule is CS(=O)(=O)[O-].Cc1n(C)cc[n+]1C. The highest BCUT2D eigenvalue weighted by Gasteiger charge is 2.00. The van der Waals surface area contributed by atoms with Gasteiger partial charge in [0.05, 0.1) is 24.2 Å². The second-order valence-electron chi connectivity index (χ2n) is 2.77. The summed E-state index contributed by atoms with van der Waals surface area (Å²) in [5, 5.41) is 0. The van der Waals surface area contributed by atoms with E-state index >= 15 is 0 Å². The van der Waals surface area contributed by atoms with Crippen molar-refractivity contribution < 1.29 is 17.5 Å². The molecule has 0 amide bonds. The van der Waals surface area contributed by atoms with Gasteiger partial charge in [-0.3, -0.25) is 0 Å². The molecular formula is C7H14N2O3S. The van der Waals surface area contributed by atoms with Gasteiger partial charge < -0.3 is 4.55 Å². The van der Waals surface area contributed by atoms with Crippen molar-refractivity contribution in [3.05, 3.63) is 18.2 Å². The number of imidazole rings is 1. The Hall–Kier alpha value is -0.880. The summed E-state index contributed by atoms with van der Waals surface area (Å²) in [7, 11) is 0.157. The normalized spacial score (nSPS) is 10.5. The van der Waals surface area contributed by atoms with Gasteiger partial charge in [0, 0.05) is 13.2 Å². The van der Waals surface area contributed by atoms with E-state index in [0.717, 1.165) is 0 Å². The van der Waals surface area contributed by atoms with E-state index in [2.05, 4.69) is 16.1 Å². The zero-order valence-electron chi connectivity index (χ0n) is 8.18. The minimum Gasteiger partial charge on any atom is -0.748 e. The highest BCUT2D eigenvalue weighted by Crippen LogP contribution is 1.84. The number of aryl methyl sites for hydroxylation is 2. The molecule has 0 aromatic carbocycles. The van der Waals surface area contributed by atoms with Gasteiger partial charge in [-0.15, -0.1) is 0 Å². The standard InChI is InChI=1S/C6H11N2.CH4O3S/c1-6-7(2)4-5-8(6)3;1-5(2,3)4/h4-5H,1-3H3;1H3,(H,2,3,4)/q+1;/p-1. The molecule has 0 atom stereocenters. The monoisotopic (exact) mass is 206 g/mol. The Balaban J connectivity index is 0.000000252. The molecule has 13 heavy (non-hydrogen) atoms. The lowest BCUT2D eigenvalue weighted by atomic mass is 10.7. The molecule has 0 fully saturated rings. The zero-order valence-corrected chi connectivity index (χ0v) is 9.00. The van der Waals surface area contributed by atoms with Crippen LogP contribution in [-0.4, -0.2) is 23.8 Å². The molecule has 0 spiro atoms. The predicted octanol–water partition coefficient (Wildman–Crippen LogP) is -0.681. The van der Waals surface area contributed by atoms with Gasteiger partial charge in [-0.05, 0) is 0 Å². The molecule has 0 aliphatic rings. The van der Waals surface area contributed by atoms with Crippen LogP contribution in [0.25, 0.3) is 0 Å². The number of hydrogen-bond donors (Lipinski definition) is 0. The fourth-order valence-corrected chi connectivity index (χ4v) is 0.665. The molecule has 1 aromatic heterocycles. The summed E-state index contributed by atoms with van der Waals surface area (Å²) in [6, 6.07) is 0. The highest BCUT2D eigenvalue weighted by molar-refractivity contribution is 7.84. The van der Waals surface area contributed by atoms with Crippen molar-refractivity contribution in [2.45, 2.75) is 6.92 Å². The molecule has 1 rings (SSSR count). The first-order chi connectivity index (χ1) is 5.72. The van der Waals surface area contributed by atoms with E-state index in [9.17, 15) is 0 Å². The van der Waals surface area contributed by atoms with Crippen LogP contribution in [0.2, 0.25) is 0 Å². The van der Waals surface area contributed by atoms with Crippen LogP contribution in [0.1, 0.15) is 5.82 Å². The van der Waals surface area contributed by atoms with Crippen LogP contribution >= 0.6 is 0 Å². The fourth-order valence-electron chi connectivity index (χ4n) is 0.665. The summed E-state index contributed by atoms with van der Waals surface area (Å²) >= 11 is 0. The van der Waals surface area contributed by atoms with E-state index in [1.165, 1.54) is 5.82 Å². The van der Waals surface area contributed by atoms with Crippen LogP contribution < -0.4 is 4.57 Å². The molecular weight excluding hydrogens is 192 g/mol. The van der Waals surface area contributed by atoms with E-state index in [1.54, 1.807) is 0 Å².